The van der Waals surface area contributed by atoms with E-state index in [-0.39, 0.29) is 6.04 Å². The van der Waals surface area contributed by atoms with Crippen LogP contribution in [0.1, 0.15) is 70.7 Å². The fraction of sp³-hybridized carbons (Fsp3) is 0.233. The number of hydrogen-bond donors (Lipinski definition) is 3. The molecule has 0 spiro atoms. The first-order valence-electron chi connectivity index (χ1n) is 17.3. The van der Waals surface area contributed by atoms with Gasteiger partial charge in [-0.05, 0) is 77.6 Å². The Hall–Kier alpha value is -5.69. The number of fused-ring (bicyclic) bond motifs is 2. The van der Waals surface area contributed by atoms with Crippen LogP contribution in [0.3, 0.4) is 0 Å². The van der Waals surface area contributed by atoms with Crippen LogP contribution >= 0.6 is 0 Å². The summed E-state index contributed by atoms with van der Waals surface area (Å²) >= 11 is 0. The van der Waals surface area contributed by atoms with Gasteiger partial charge in [-0.15, -0.1) is 6.58 Å². The number of aromatic nitrogens is 3. The SMILES string of the molecule is C=CCc1cc(C)c2nc(CCC)n(C)c2n1.N=N.NC(=NC(c1ccccc1)c1ccccc1)c1ccccc1-c1ccc2c(c1)CCC2. The summed E-state index contributed by atoms with van der Waals surface area (Å²) < 4.78 is 2.11. The summed E-state index contributed by atoms with van der Waals surface area (Å²) in [6.45, 7) is 8.03. The average Bonchev–Trinajstić information content (AvgIpc) is 3.76. The molecule has 0 radical (unpaired) electrons. The zero-order valence-electron chi connectivity index (χ0n) is 29.4. The first kappa shape index (κ1) is 35.6. The van der Waals surface area contributed by atoms with Crippen molar-refractivity contribution in [1.82, 2.24) is 14.5 Å². The minimum atomic E-state index is -0.143. The highest BCUT2D eigenvalue weighted by Crippen LogP contribution is 2.32. The lowest BCUT2D eigenvalue weighted by molar-refractivity contribution is 0.767. The monoisotopic (exact) mass is 661 g/mol. The van der Waals surface area contributed by atoms with Gasteiger partial charge in [0.25, 0.3) is 0 Å². The summed E-state index contributed by atoms with van der Waals surface area (Å²) in [5.74, 6) is 1.68. The van der Waals surface area contributed by atoms with Crippen molar-refractivity contribution >= 4 is 17.0 Å². The van der Waals surface area contributed by atoms with Crippen molar-refractivity contribution in [2.45, 2.75) is 58.4 Å². The van der Waals surface area contributed by atoms with E-state index in [1.54, 1.807) is 0 Å². The molecular weight excluding hydrogens is 615 g/mol. The standard InChI is InChI=1S/C29H26N2.C14H19N3.H2N2/c30-29(31-28(22-10-3-1-4-11-22)23-12-5-2-6-13-23)27-17-8-7-16-26(27)25-19-18-21-14-9-15-24(21)20-25;1-5-7-11-9-10(3)13-14(15-11)17(4)12(16-13)8-6-2;1-2/h1-8,10-13,16-20,28H,9,14-15H2,(H2,30,31);5,9H,1,6-8H2,2-4H3;1-2H. The molecule has 0 amide bonds. The van der Waals surface area contributed by atoms with E-state index in [0.717, 1.165) is 64.2 Å². The van der Waals surface area contributed by atoms with Crippen LogP contribution in [0.25, 0.3) is 22.3 Å². The van der Waals surface area contributed by atoms with E-state index < -0.39 is 0 Å². The first-order chi connectivity index (χ1) is 24.5. The lowest BCUT2D eigenvalue weighted by Crippen LogP contribution is -2.17. The number of aliphatic imine (C=N–C) groups is 1. The van der Waals surface area contributed by atoms with Crippen LogP contribution in [0.4, 0.5) is 0 Å². The van der Waals surface area contributed by atoms with Gasteiger partial charge in [0.05, 0.1) is 0 Å². The van der Waals surface area contributed by atoms with Gasteiger partial charge in [-0.1, -0.05) is 116 Å². The predicted octanol–water partition coefficient (Wildman–Crippen LogP) is 9.89. The van der Waals surface area contributed by atoms with Gasteiger partial charge in [0.15, 0.2) is 5.65 Å². The number of rotatable bonds is 9. The molecule has 0 aliphatic heterocycles. The van der Waals surface area contributed by atoms with Crippen LogP contribution in [0.2, 0.25) is 0 Å². The Bertz CT molecular complexity index is 2020. The number of nitrogens with zero attached hydrogens (tertiary/aromatic N) is 4. The third kappa shape index (κ3) is 8.12. The Morgan fingerprint density at radius 3 is 2.18 bits per heavy atom. The van der Waals surface area contributed by atoms with Crippen molar-refractivity contribution in [2.24, 2.45) is 17.8 Å². The van der Waals surface area contributed by atoms with Crippen molar-refractivity contribution < 1.29 is 0 Å². The summed E-state index contributed by atoms with van der Waals surface area (Å²) in [5.41, 5.74) is 29.5. The molecule has 2 aromatic heterocycles. The fourth-order valence-corrected chi connectivity index (χ4v) is 6.63. The molecule has 0 saturated carbocycles. The zero-order valence-corrected chi connectivity index (χ0v) is 29.4. The van der Waals surface area contributed by atoms with Gasteiger partial charge in [-0.25, -0.2) is 21.0 Å². The molecule has 254 valence electrons. The molecule has 50 heavy (non-hydrogen) atoms. The van der Waals surface area contributed by atoms with Crippen LogP contribution in [0.5, 0.6) is 0 Å². The van der Waals surface area contributed by atoms with E-state index in [1.807, 2.05) is 31.3 Å². The molecule has 0 bridgehead atoms. The molecule has 0 fully saturated rings. The summed E-state index contributed by atoms with van der Waals surface area (Å²) in [7, 11) is 2.05. The number of amidine groups is 1. The zero-order chi connectivity index (χ0) is 35.5. The molecular formula is C43H47N7. The first-order valence-corrected chi connectivity index (χ1v) is 17.3. The van der Waals surface area contributed by atoms with Gasteiger partial charge in [0.2, 0.25) is 0 Å². The maximum atomic E-state index is 6.67. The van der Waals surface area contributed by atoms with Crippen LogP contribution in [0, 0.1) is 18.0 Å². The number of nitrogens with one attached hydrogen (secondary N) is 2. The number of aryl methyl sites for hydroxylation is 5. The minimum Gasteiger partial charge on any atom is -0.383 e. The van der Waals surface area contributed by atoms with E-state index in [4.69, 9.17) is 21.8 Å². The summed E-state index contributed by atoms with van der Waals surface area (Å²) in [4.78, 5) is 14.4. The normalized spacial score (nSPS) is 12.1. The van der Waals surface area contributed by atoms with Gasteiger partial charge in [-0.2, -0.15) is 0 Å². The molecule has 0 atom stereocenters. The van der Waals surface area contributed by atoms with Gasteiger partial charge < -0.3 is 10.3 Å². The van der Waals surface area contributed by atoms with E-state index in [0.29, 0.717) is 5.84 Å². The van der Waals surface area contributed by atoms with Gasteiger partial charge in [0, 0.05) is 31.1 Å². The number of hydrogen-bond acceptors (Lipinski definition) is 5. The quantitative estimate of drug-likeness (QED) is 0.0620. The highest BCUT2D eigenvalue weighted by atomic mass is 15.1. The molecule has 7 nitrogen and oxygen atoms in total. The summed E-state index contributed by atoms with van der Waals surface area (Å²) in [6.07, 6.45) is 8.41. The highest BCUT2D eigenvalue weighted by Gasteiger charge is 2.17. The van der Waals surface area contributed by atoms with Crippen molar-refractivity contribution in [3.63, 3.8) is 0 Å². The van der Waals surface area contributed by atoms with Gasteiger partial charge >= 0.3 is 0 Å². The van der Waals surface area contributed by atoms with Crippen LogP contribution in [-0.4, -0.2) is 20.4 Å². The molecule has 7 rings (SSSR count). The molecule has 7 heteroatoms. The summed E-state index contributed by atoms with van der Waals surface area (Å²) in [6, 6.07) is 37.8. The molecule has 2 heterocycles. The number of pyridine rings is 1. The highest BCUT2D eigenvalue weighted by molar-refractivity contribution is 6.03. The molecule has 6 aromatic rings. The molecule has 4 N–H and O–H groups in total. The molecule has 0 unspecified atom stereocenters. The second-order valence-corrected chi connectivity index (χ2v) is 12.6. The van der Waals surface area contributed by atoms with E-state index in [9.17, 15) is 0 Å². The third-order valence-electron chi connectivity index (χ3n) is 9.10. The lowest BCUT2D eigenvalue weighted by Gasteiger charge is -2.17. The Morgan fingerprint density at radius 1 is 0.880 bits per heavy atom. The molecule has 4 aromatic carbocycles. The number of benzene rings is 4. The van der Waals surface area contributed by atoms with E-state index >= 15 is 0 Å². The number of nitrogens with two attached hydrogens (primary N) is 1. The second-order valence-electron chi connectivity index (χ2n) is 12.6. The lowest BCUT2D eigenvalue weighted by atomic mass is 9.95. The van der Waals surface area contributed by atoms with Crippen LogP contribution in [0.15, 0.2) is 127 Å². The Labute approximate surface area is 296 Å². The molecule has 0 saturated heterocycles. The van der Waals surface area contributed by atoms with Gasteiger partial charge in [-0.3, -0.25) is 4.99 Å². The smallest absolute Gasteiger partial charge is 0.160 e. The summed E-state index contributed by atoms with van der Waals surface area (Å²) in [5, 5.41) is 0. The van der Waals surface area contributed by atoms with Crippen molar-refractivity contribution in [2.75, 3.05) is 0 Å². The Kier molecular flexibility index (Phi) is 12.2. The largest absolute Gasteiger partial charge is 0.383 e. The topological polar surface area (TPSA) is 117 Å². The minimum absolute atomic E-state index is 0.143. The van der Waals surface area contributed by atoms with Crippen molar-refractivity contribution in [3.8, 4) is 11.1 Å². The second kappa shape index (κ2) is 17.1. The maximum absolute atomic E-state index is 6.67. The Morgan fingerprint density at radius 2 is 1.52 bits per heavy atom. The maximum Gasteiger partial charge on any atom is 0.160 e. The number of imidazole rings is 1. The average molecular weight is 662 g/mol. The molecule has 1 aliphatic carbocycles. The van der Waals surface area contributed by atoms with Crippen LogP contribution in [-0.2, 0) is 32.7 Å². The van der Waals surface area contributed by atoms with E-state index in [1.165, 1.54) is 41.5 Å². The van der Waals surface area contributed by atoms with Crippen molar-refractivity contribution in [1.29, 1.82) is 11.1 Å². The predicted molar refractivity (Wildman–Crippen MR) is 206 cm³/mol. The third-order valence-corrected chi connectivity index (χ3v) is 9.10. The Balaban J connectivity index is 0.000000217. The van der Waals surface area contributed by atoms with Gasteiger partial charge in [0.1, 0.15) is 23.2 Å². The van der Waals surface area contributed by atoms with Crippen molar-refractivity contribution in [3.05, 3.63) is 167 Å². The van der Waals surface area contributed by atoms with Crippen LogP contribution < -0.4 is 5.73 Å². The molecule has 1 aliphatic rings. The number of allylic oxidation sites excluding steroid dienone is 1. The fourth-order valence-electron chi connectivity index (χ4n) is 6.63. The van der Waals surface area contributed by atoms with E-state index in [2.05, 4.69) is 126 Å².